The highest BCUT2D eigenvalue weighted by Gasteiger charge is 2.60. The van der Waals surface area contributed by atoms with Gasteiger partial charge in [0.15, 0.2) is 0 Å². The summed E-state index contributed by atoms with van der Waals surface area (Å²) in [7, 11) is 0. The third kappa shape index (κ3) is 2.94. The minimum Gasteiger partial charge on any atom is -0.351 e. The van der Waals surface area contributed by atoms with Crippen LogP contribution in [0, 0.1) is 34.5 Å². The average molecular weight is 382 g/mol. The Balaban J connectivity index is 1.63. The Morgan fingerprint density at radius 3 is 2.70 bits per heavy atom. The Labute approximate surface area is 176 Å². The van der Waals surface area contributed by atoms with Crippen LogP contribution in [0.4, 0.5) is 0 Å². The maximum Gasteiger partial charge on any atom is 0.243 e. The molecule has 4 rings (SSSR count). The maximum absolute atomic E-state index is 13.6. The number of carbonyl (C=O) groups excluding carboxylic acids is 2. The molecule has 2 amide bonds. The molecule has 4 nitrogen and oxygen atoms in total. The van der Waals surface area contributed by atoms with E-state index in [1.165, 1.54) is 0 Å². The van der Waals surface area contributed by atoms with E-state index in [4.69, 9.17) is 12.3 Å². The molecule has 4 heteroatoms. The van der Waals surface area contributed by atoms with Gasteiger partial charge in [0.1, 0.15) is 0 Å². The summed E-state index contributed by atoms with van der Waals surface area (Å²) in [5, 5.41) is 5.20. The molecule has 4 aliphatic rings. The van der Waals surface area contributed by atoms with Crippen LogP contribution in [0.5, 0.6) is 0 Å². The van der Waals surface area contributed by atoms with Gasteiger partial charge in [-0.1, -0.05) is 19.9 Å². The molecule has 2 N–H and O–H groups in total. The Bertz CT molecular complexity index is 921. The highest BCUT2D eigenvalue weighted by atomic mass is 16.2. The Morgan fingerprint density at radius 1 is 1.19 bits per heavy atom. The summed E-state index contributed by atoms with van der Waals surface area (Å²) in [5.41, 5.74) is -4.04. The first-order chi connectivity index (χ1) is 16.3. The van der Waals surface area contributed by atoms with Crippen LogP contribution in [0.3, 0.4) is 0 Å². The third-order valence-electron chi connectivity index (χ3n) is 8.31. The molecule has 1 heterocycles. The van der Waals surface area contributed by atoms with E-state index in [1.54, 1.807) is 6.08 Å². The predicted octanol–water partition coefficient (Wildman–Crippen LogP) is 3.81. The summed E-state index contributed by atoms with van der Waals surface area (Å²) < 4.78 is 70.6. The lowest BCUT2D eigenvalue weighted by Crippen LogP contribution is -2.59. The number of carbonyl (C=O) groups is 2. The van der Waals surface area contributed by atoms with Crippen molar-refractivity contribution in [1.82, 2.24) is 10.6 Å². The highest BCUT2D eigenvalue weighted by Crippen LogP contribution is 2.65. The van der Waals surface area contributed by atoms with Crippen molar-refractivity contribution >= 4 is 11.8 Å². The van der Waals surface area contributed by atoms with Gasteiger partial charge in [-0.25, -0.2) is 0 Å². The quantitative estimate of drug-likeness (QED) is 0.725. The van der Waals surface area contributed by atoms with Crippen molar-refractivity contribution in [3.63, 3.8) is 0 Å². The predicted molar refractivity (Wildman–Crippen MR) is 107 cm³/mol. The molecule has 7 atom stereocenters. The van der Waals surface area contributed by atoms with E-state index in [9.17, 15) is 9.59 Å². The van der Waals surface area contributed by atoms with Crippen molar-refractivity contribution < 1.29 is 21.9 Å². The monoisotopic (exact) mass is 381 g/mol. The van der Waals surface area contributed by atoms with Gasteiger partial charge in [-0.15, -0.1) is 0 Å². The zero-order chi connectivity index (χ0) is 27.1. The van der Waals surface area contributed by atoms with Crippen molar-refractivity contribution in [3.8, 4) is 0 Å². The van der Waals surface area contributed by atoms with Gasteiger partial charge in [-0.2, -0.15) is 0 Å². The molecule has 3 fully saturated rings. The second-order valence-corrected chi connectivity index (χ2v) is 9.63. The average Bonchev–Trinajstić information content (AvgIpc) is 3.07. The number of hydrogen-bond donors (Lipinski definition) is 2. The fourth-order valence-corrected chi connectivity index (χ4v) is 7.04. The van der Waals surface area contributed by atoms with Crippen LogP contribution in [0.15, 0.2) is 12.2 Å². The fourth-order valence-electron chi connectivity index (χ4n) is 7.04. The lowest BCUT2D eigenvalue weighted by molar-refractivity contribution is -0.135. The second-order valence-electron chi connectivity index (χ2n) is 9.63. The molecule has 27 heavy (non-hydrogen) atoms. The van der Waals surface area contributed by atoms with Crippen LogP contribution in [0.25, 0.3) is 0 Å². The number of hydrogen-bond acceptors (Lipinski definition) is 2. The number of fused-ring (bicyclic) bond motifs is 5. The zero-order valence-electron chi connectivity index (χ0n) is 25.1. The molecule has 3 aliphatic carbocycles. The summed E-state index contributed by atoms with van der Waals surface area (Å²) in [6.45, 7) is -6.22. The van der Waals surface area contributed by atoms with Gasteiger partial charge >= 0.3 is 0 Å². The minimum absolute atomic E-state index is 0.0691. The van der Waals surface area contributed by atoms with Crippen molar-refractivity contribution in [2.45, 2.75) is 84.5 Å². The molecule has 0 bridgehead atoms. The topological polar surface area (TPSA) is 58.2 Å². The van der Waals surface area contributed by atoms with Crippen LogP contribution in [-0.2, 0) is 9.59 Å². The smallest absolute Gasteiger partial charge is 0.243 e. The van der Waals surface area contributed by atoms with Crippen LogP contribution >= 0.6 is 0 Å². The lowest BCUT2D eigenvalue weighted by atomic mass is 9.48. The van der Waals surface area contributed by atoms with E-state index >= 15 is 0 Å². The first-order valence-electron chi connectivity index (χ1n) is 14.6. The van der Waals surface area contributed by atoms with Crippen molar-refractivity contribution in [2.24, 2.45) is 34.5 Å². The van der Waals surface area contributed by atoms with E-state index in [0.717, 1.165) is 25.7 Å². The molecule has 0 aromatic heterocycles. The molecule has 0 aromatic carbocycles. The normalized spacial score (nSPS) is 52.4. The van der Waals surface area contributed by atoms with Crippen LogP contribution in [0.2, 0.25) is 0 Å². The minimum atomic E-state index is -3.47. The van der Waals surface area contributed by atoms with E-state index in [-0.39, 0.29) is 23.3 Å². The summed E-state index contributed by atoms with van der Waals surface area (Å²) in [6, 6.07) is 0.0691. The molecular formula is C23H36N2O2. The number of rotatable bonds is 1. The van der Waals surface area contributed by atoms with Gasteiger partial charge in [0.05, 0.1) is 0 Å². The summed E-state index contributed by atoms with van der Waals surface area (Å²) in [6.07, 6.45) is 8.05. The summed E-state index contributed by atoms with van der Waals surface area (Å²) in [5.74, 6) is -0.762. The van der Waals surface area contributed by atoms with Gasteiger partial charge in [0.2, 0.25) is 11.8 Å². The highest BCUT2D eigenvalue weighted by molar-refractivity contribution is 5.89. The lowest BCUT2D eigenvalue weighted by Gasteiger charge is -2.58. The maximum atomic E-state index is 13.6. The molecule has 0 spiro atoms. The van der Waals surface area contributed by atoms with Gasteiger partial charge in [-0.05, 0) is 88.3 Å². The van der Waals surface area contributed by atoms with Crippen LogP contribution in [-0.4, -0.2) is 23.4 Å². The van der Waals surface area contributed by atoms with Gasteiger partial charge in [-0.3, -0.25) is 9.59 Å². The molecular weight excluding hydrogens is 336 g/mol. The van der Waals surface area contributed by atoms with Crippen LogP contribution < -0.4 is 10.6 Å². The van der Waals surface area contributed by atoms with Crippen molar-refractivity contribution in [3.05, 3.63) is 12.2 Å². The number of amides is 2. The molecule has 0 unspecified atom stereocenters. The standard InChI is InChI=1S/C23H36N2O2/c1-21(2,3)25-20(27)17-8-7-15-14-6-9-18-23(5,13-11-19(26)24-18)16(14)10-12-22(15,17)4/h11,13-18H,6-10,12H2,1-5H3,(H,24,26)(H,25,27)/t14-,15-,16-,17+,18+,22-,23+/m0/s1/i1D3,2D3,3D3. The van der Waals surface area contributed by atoms with E-state index < -0.39 is 43.3 Å². The van der Waals surface area contributed by atoms with E-state index in [0.29, 0.717) is 24.7 Å². The van der Waals surface area contributed by atoms with Crippen molar-refractivity contribution in [1.29, 1.82) is 0 Å². The van der Waals surface area contributed by atoms with Gasteiger partial charge < -0.3 is 10.6 Å². The van der Waals surface area contributed by atoms with Crippen LogP contribution in [0.1, 0.15) is 85.3 Å². The molecule has 0 aromatic rings. The largest absolute Gasteiger partial charge is 0.351 e. The van der Waals surface area contributed by atoms with E-state index in [1.807, 2.05) is 13.0 Å². The fraction of sp³-hybridized carbons (Fsp3) is 0.826. The Hall–Kier alpha value is -1.32. The molecule has 0 radical (unpaired) electrons. The SMILES string of the molecule is [2H]C([2H])([2H])C(NC(=O)[C@H]1CC[C@H]2[C@@H]3CC[C@H]4NC(=O)C=C[C@]4(C)[C@H]3CC[C@]12C)(C([2H])([2H])[2H])C([2H])([2H])[2H]. The molecule has 150 valence electrons. The van der Waals surface area contributed by atoms with E-state index in [2.05, 4.69) is 17.6 Å². The third-order valence-corrected chi connectivity index (χ3v) is 8.31. The van der Waals surface area contributed by atoms with Crippen molar-refractivity contribution in [2.75, 3.05) is 0 Å². The second kappa shape index (κ2) is 6.09. The Morgan fingerprint density at radius 2 is 1.96 bits per heavy atom. The summed E-state index contributed by atoms with van der Waals surface area (Å²) >= 11 is 0. The number of nitrogens with one attached hydrogen (secondary N) is 2. The zero-order valence-corrected chi connectivity index (χ0v) is 16.1. The molecule has 1 aliphatic heterocycles. The summed E-state index contributed by atoms with van der Waals surface area (Å²) in [4.78, 5) is 25.6. The molecule has 3 saturated carbocycles. The first kappa shape index (κ1) is 11.0. The molecule has 0 saturated heterocycles. The van der Waals surface area contributed by atoms with Gasteiger partial charge in [0, 0.05) is 35.3 Å². The first-order valence-corrected chi connectivity index (χ1v) is 10.1. The van der Waals surface area contributed by atoms with Gasteiger partial charge in [0.25, 0.3) is 0 Å². The Kier molecular flexibility index (Phi) is 2.48.